The Hall–Kier alpha value is -1.85. The Kier molecular flexibility index (Phi) is 6.42. The van der Waals surface area contributed by atoms with Crippen LogP contribution in [0, 0.1) is 34.5 Å². The van der Waals surface area contributed by atoms with Gasteiger partial charge in [0, 0.05) is 17.8 Å². The molecule has 4 fully saturated rings. The van der Waals surface area contributed by atoms with E-state index in [4.69, 9.17) is 0 Å². The van der Waals surface area contributed by atoms with Crippen LogP contribution >= 0.6 is 23.1 Å². The maximum absolute atomic E-state index is 12.8. The highest BCUT2D eigenvalue weighted by Gasteiger charge is 2.51. The van der Waals surface area contributed by atoms with Crippen molar-refractivity contribution in [3.63, 3.8) is 0 Å². The first-order valence-corrected chi connectivity index (χ1v) is 15.3. The number of carbonyl (C=O) groups excluding carboxylic acids is 1. The molecule has 0 spiro atoms. The smallest absolute Gasteiger partial charge is 0.235 e. The average Bonchev–Trinajstić information content (AvgIpc) is 3.26. The summed E-state index contributed by atoms with van der Waals surface area (Å²) >= 11 is 3.06. The largest absolute Gasteiger partial charge is 0.316 e. The second-order valence-corrected chi connectivity index (χ2v) is 13.5. The van der Waals surface area contributed by atoms with E-state index in [-0.39, 0.29) is 11.7 Å². The van der Waals surface area contributed by atoms with Crippen LogP contribution in [0.15, 0.2) is 5.16 Å². The summed E-state index contributed by atoms with van der Waals surface area (Å²) in [6.07, 6.45) is 15.0. The minimum atomic E-state index is -0.0730. The fourth-order valence-electron chi connectivity index (χ4n) is 7.96. The number of aromatic nitrogens is 3. The molecule has 1 amide bonds. The lowest BCUT2D eigenvalue weighted by Gasteiger charge is -2.56. The highest BCUT2D eigenvalue weighted by molar-refractivity contribution is 7.99. The van der Waals surface area contributed by atoms with Gasteiger partial charge in [0.15, 0.2) is 5.16 Å². The molecule has 0 atom stereocenters. The SMILES string of the molecule is CCn1c(CC23CC4CC(CC(C4)C2)C3)nnc1SCC(=O)Nc1sc2c(c1C#N)CCCCC2. The number of aryl methyl sites for hydroxylation is 1. The molecule has 5 aliphatic carbocycles. The maximum Gasteiger partial charge on any atom is 0.235 e. The Morgan fingerprint density at radius 2 is 1.86 bits per heavy atom. The van der Waals surface area contributed by atoms with Crippen molar-refractivity contribution in [3.05, 3.63) is 21.8 Å². The number of amides is 1. The maximum atomic E-state index is 12.8. The number of rotatable bonds is 7. The third kappa shape index (κ3) is 4.55. The molecule has 0 aliphatic heterocycles. The molecule has 0 unspecified atom stereocenters. The summed E-state index contributed by atoms with van der Waals surface area (Å²) in [5.41, 5.74) is 2.27. The van der Waals surface area contributed by atoms with Gasteiger partial charge in [0.1, 0.15) is 16.9 Å². The van der Waals surface area contributed by atoms with E-state index in [1.54, 1.807) is 11.3 Å². The molecule has 4 saturated carbocycles. The second-order valence-electron chi connectivity index (χ2n) is 11.5. The third-order valence-electron chi connectivity index (χ3n) is 8.93. The summed E-state index contributed by atoms with van der Waals surface area (Å²) in [7, 11) is 0. The Balaban J connectivity index is 1.11. The highest BCUT2D eigenvalue weighted by Crippen LogP contribution is 2.61. The molecule has 2 aromatic heterocycles. The Morgan fingerprint density at radius 3 is 2.54 bits per heavy atom. The normalized spacial score (nSPS) is 29.0. The molecule has 7 rings (SSSR count). The van der Waals surface area contributed by atoms with E-state index in [1.807, 2.05) is 0 Å². The van der Waals surface area contributed by atoms with Crippen molar-refractivity contribution >= 4 is 34.0 Å². The first-order chi connectivity index (χ1) is 17.1. The zero-order chi connectivity index (χ0) is 24.0. The Morgan fingerprint density at radius 1 is 1.14 bits per heavy atom. The van der Waals surface area contributed by atoms with Crippen molar-refractivity contribution in [3.8, 4) is 6.07 Å². The van der Waals surface area contributed by atoms with Gasteiger partial charge >= 0.3 is 0 Å². The van der Waals surface area contributed by atoms with E-state index in [1.165, 1.54) is 68.0 Å². The summed E-state index contributed by atoms with van der Waals surface area (Å²) in [4.78, 5) is 14.1. The predicted molar refractivity (Wildman–Crippen MR) is 140 cm³/mol. The van der Waals surface area contributed by atoms with E-state index < -0.39 is 0 Å². The number of thioether (sulfide) groups is 1. The first-order valence-electron chi connectivity index (χ1n) is 13.4. The number of hydrogen-bond acceptors (Lipinski definition) is 6. The van der Waals surface area contributed by atoms with Crippen LogP contribution < -0.4 is 5.32 Å². The Bertz CT molecular complexity index is 1120. The standard InChI is InChI=1S/C27H35N5OS2/c1-2-32-23(14-27-11-17-8-18(12-27)10-19(9-17)13-27)30-31-26(32)34-16-24(33)29-25-21(15-28)20-6-4-3-5-7-22(20)35-25/h17-19H,2-14,16H2,1H3,(H,29,33). The van der Waals surface area contributed by atoms with Gasteiger partial charge in [-0.1, -0.05) is 18.2 Å². The van der Waals surface area contributed by atoms with Crippen LogP contribution in [0.2, 0.25) is 0 Å². The number of fused-ring (bicyclic) bond motifs is 1. The van der Waals surface area contributed by atoms with Gasteiger partial charge in [0.05, 0.1) is 11.3 Å². The number of hydrogen-bond donors (Lipinski definition) is 1. The summed E-state index contributed by atoms with van der Waals surface area (Å²) in [5.74, 6) is 4.11. The minimum absolute atomic E-state index is 0.0730. The molecule has 0 aromatic carbocycles. The van der Waals surface area contributed by atoms with Crippen LogP contribution in [-0.2, 0) is 30.6 Å². The van der Waals surface area contributed by atoms with Crippen LogP contribution in [0.5, 0.6) is 0 Å². The minimum Gasteiger partial charge on any atom is -0.316 e. The molecule has 2 heterocycles. The molecule has 4 bridgehead atoms. The Labute approximate surface area is 216 Å². The summed E-state index contributed by atoms with van der Waals surface area (Å²) in [6, 6.07) is 2.36. The zero-order valence-electron chi connectivity index (χ0n) is 20.6. The monoisotopic (exact) mass is 509 g/mol. The van der Waals surface area contributed by atoms with Gasteiger partial charge in [-0.3, -0.25) is 4.79 Å². The van der Waals surface area contributed by atoms with E-state index in [2.05, 4.69) is 33.1 Å². The van der Waals surface area contributed by atoms with Crippen LogP contribution in [0.3, 0.4) is 0 Å². The molecular weight excluding hydrogens is 474 g/mol. The van der Waals surface area contributed by atoms with Crippen LogP contribution in [0.25, 0.3) is 0 Å². The quantitative estimate of drug-likeness (QED) is 0.366. The van der Waals surface area contributed by atoms with Crippen molar-refractivity contribution in [1.29, 1.82) is 5.26 Å². The van der Waals surface area contributed by atoms with Gasteiger partial charge in [0.25, 0.3) is 0 Å². The van der Waals surface area contributed by atoms with E-state index in [9.17, 15) is 10.1 Å². The highest BCUT2D eigenvalue weighted by atomic mass is 32.2. The van der Waals surface area contributed by atoms with Crippen molar-refractivity contribution in [2.75, 3.05) is 11.1 Å². The first kappa shape index (κ1) is 23.5. The van der Waals surface area contributed by atoms with Crippen LogP contribution in [-0.4, -0.2) is 26.4 Å². The molecule has 0 saturated heterocycles. The summed E-state index contributed by atoms with van der Waals surface area (Å²) in [5, 5.41) is 23.5. The zero-order valence-corrected chi connectivity index (χ0v) is 22.3. The lowest BCUT2D eigenvalue weighted by atomic mass is 9.49. The number of thiophene rings is 1. The van der Waals surface area contributed by atoms with Crippen molar-refractivity contribution in [2.24, 2.45) is 23.2 Å². The lowest BCUT2D eigenvalue weighted by Crippen LogP contribution is -2.47. The molecule has 5 aliphatic rings. The number of anilines is 1. The molecular formula is C27H35N5OS2. The fourth-order valence-corrected chi connectivity index (χ4v) is 10.0. The lowest BCUT2D eigenvalue weighted by molar-refractivity contribution is -0.113. The summed E-state index contributed by atoms with van der Waals surface area (Å²) < 4.78 is 2.23. The van der Waals surface area contributed by atoms with Gasteiger partial charge in [-0.25, -0.2) is 0 Å². The van der Waals surface area contributed by atoms with Crippen LogP contribution in [0.1, 0.15) is 86.5 Å². The molecule has 8 heteroatoms. The van der Waals surface area contributed by atoms with Gasteiger partial charge in [0.2, 0.25) is 5.91 Å². The van der Waals surface area contributed by atoms with Gasteiger partial charge in [-0.15, -0.1) is 21.5 Å². The third-order valence-corrected chi connectivity index (χ3v) is 11.1. The van der Waals surface area contributed by atoms with Crippen molar-refractivity contribution in [1.82, 2.24) is 14.8 Å². The number of carbonyl (C=O) groups is 1. The molecule has 1 N–H and O–H groups in total. The molecule has 35 heavy (non-hydrogen) atoms. The van der Waals surface area contributed by atoms with E-state index in [0.717, 1.165) is 71.5 Å². The van der Waals surface area contributed by atoms with E-state index in [0.29, 0.717) is 11.0 Å². The number of nitrogens with zero attached hydrogens (tertiary/aromatic N) is 4. The van der Waals surface area contributed by atoms with Gasteiger partial charge in [-0.05, 0) is 99.9 Å². The topological polar surface area (TPSA) is 83.6 Å². The molecule has 0 radical (unpaired) electrons. The predicted octanol–water partition coefficient (Wildman–Crippen LogP) is 5.99. The van der Waals surface area contributed by atoms with Gasteiger partial charge in [-0.2, -0.15) is 5.26 Å². The second kappa shape index (κ2) is 9.55. The van der Waals surface area contributed by atoms with Crippen molar-refractivity contribution < 1.29 is 4.79 Å². The van der Waals surface area contributed by atoms with Crippen molar-refractivity contribution in [2.45, 2.75) is 95.7 Å². The van der Waals surface area contributed by atoms with Crippen LogP contribution in [0.4, 0.5) is 5.00 Å². The number of nitrogens with one attached hydrogen (secondary N) is 1. The fraction of sp³-hybridized carbons (Fsp3) is 0.704. The molecule has 6 nitrogen and oxygen atoms in total. The summed E-state index contributed by atoms with van der Waals surface area (Å²) in [6.45, 7) is 2.98. The molecule has 2 aromatic rings. The van der Waals surface area contributed by atoms with E-state index >= 15 is 0 Å². The molecule has 186 valence electrons. The average molecular weight is 510 g/mol. The number of nitriles is 1. The van der Waals surface area contributed by atoms with Gasteiger partial charge < -0.3 is 9.88 Å².